The zero-order valence-corrected chi connectivity index (χ0v) is 11.9. The fourth-order valence-corrected chi connectivity index (χ4v) is 2.48. The summed E-state index contributed by atoms with van der Waals surface area (Å²) in [5.41, 5.74) is 1.03. The second-order valence-electron chi connectivity index (χ2n) is 5.52. The minimum atomic E-state index is -4.43. The number of aryl methyl sites for hydroxylation is 1. The van der Waals surface area contributed by atoms with Gasteiger partial charge in [0.05, 0.1) is 24.3 Å². The number of carbonyl (C=O) groups is 2. The zero-order valence-electron chi connectivity index (χ0n) is 11.9. The van der Waals surface area contributed by atoms with E-state index in [1.54, 1.807) is 25.1 Å². The Bertz CT molecular complexity index is 586. The Morgan fingerprint density at radius 2 is 1.95 bits per heavy atom. The summed E-state index contributed by atoms with van der Waals surface area (Å²) in [6, 6.07) is 5.31. The number of carboxylic acid groups (broad SMARTS) is 1. The molecule has 0 heterocycles. The van der Waals surface area contributed by atoms with Crippen molar-refractivity contribution in [2.45, 2.75) is 32.0 Å². The monoisotopic (exact) mass is 315 g/mol. The van der Waals surface area contributed by atoms with Gasteiger partial charge in [0.25, 0.3) is 0 Å². The molecule has 1 saturated carbocycles. The lowest BCUT2D eigenvalue weighted by atomic mass is 9.98. The van der Waals surface area contributed by atoms with Crippen molar-refractivity contribution in [3.8, 4) is 0 Å². The van der Waals surface area contributed by atoms with Gasteiger partial charge in [0.1, 0.15) is 0 Å². The lowest BCUT2D eigenvalue weighted by Crippen LogP contribution is -2.34. The summed E-state index contributed by atoms with van der Waals surface area (Å²) in [5.74, 6) is -3.26. The van der Waals surface area contributed by atoms with Crippen molar-refractivity contribution in [3.63, 3.8) is 0 Å². The zero-order chi connectivity index (χ0) is 16.5. The van der Waals surface area contributed by atoms with Crippen LogP contribution in [0.25, 0.3) is 0 Å². The molecule has 22 heavy (non-hydrogen) atoms. The van der Waals surface area contributed by atoms with Gasteiger partial charge in [-0.15, -0.1) is 0 Å². The third-order valence-electron chi connectivity index (χ3n) is 3.76. The molecule has 0 radical (unpaired) electrons. The SMILES string of the molecule is Cc1ccccc1C(CC(F)(F)F)NC(=O)C1CC1C(=O)O. The highest BCUT2D eigenvalue weighted by atomic mass is 19.4. The predicted molar refractivity (Wildman–Crippen MR) is 72.0 cm³/mol. The first-order valence-electron chi connectivity index (χ1n) is 6.84. The summed E-state index contributed by atoms with van der Waals surface area (Å²) in [6.07, 6.45) is -5.45. The van der Waals surface area contributed by atoms with Crippen LogP contribution in [-0.4, -0.2) is 23.2 Å². The van der Waals surface area contributed by atoms with Gasteiger partial charge in [0.15, 0.2) is 0 Å². The van der Waals surface area contributed by atoms with Crippen LogP contribution in [0.2, 0.25) is 0 Å². The minimum absolute atomic E-state index is 0.174. The van der Waals surface area contributed by atoms with E-state index >= 15 is 0 Å². The number of halogens is 3. The summed E-state index contributed by atoms with van der Waals surface area (Å²) >= 11 is 0. The summed E-state index contributed by atoms with van der Waals surface area (Å²) in [4.78, 5) is 22.7. The first-order valence-corrected chi connectivity index (χ1v) is 6.84. The van der Waals surface area contributed by atoms with E-state index in [1.165, 1.54) is 6.07 Å². The fraction of sp³-hybridized carbons (Fsp3) is 0.467. The van der Waals surface area contributed by atoms with Crippen molar-refractivity contribution in [2.75, 3.05) is 0 Å². The van der Waals surface area contributed by atoms with E-state index in [4.69, 9.17) is 5.11 Å². The minimum Gasteiger partial charge on any atom is -0.481 e. The largest absolute Gasteiger partial charge is 0.481 e. The number of alkyl halides is 3. The van der Waals surface area contributed by atoms with Crippen molar-refractivity contribution in [3.05, 3.63) is 35.4 Å². The van der Waals surface area contributed by atoms with E-state index in [2.05, 4.69) is 5.32 Å². The van der Waals surface area contributed by atoms with E-state index in [9.17, 15) is 22.8 Å². The lowest BCUT2D eigenvalue weighted by Gasteiger charge is -2.22. The quantitative estimate of drug-likeness (QED) is 0.878. The molecule has 1 aromatic carbocycles. The fourth-order valence-electron chi connectivity index (χ4n) is 2.48. The normalized spacial score (nSPS) is 22.0. The highest BCUT2D eigenvalue weighted by Crippen LogP contribution is 2.40. The number of benzene rings is 1. The lowest BCUT2D eigenvalue weighted by molar-refractivity contribution is -0.145. The van der Waals surface area contributed by atoms with E-state index < -0.39 is 42.4 Å². The molecule has 1 aromatic rings. The Morgan fingerprint density at radius 3 is 2.45 bits per heavy atom. The van der Waals surface area contributed by atoms with Crippen LogP contribution < -0.4 is 5.32 Å². The maximum Gasteiger partial charge on any atom is 0.391 e. The Hall–Kier alpha value is -2.05. The Kier molecular flexibility index (Phi) is 4.44. The molecule has 1 amide bonds. The van der Waals surface area contributed by atoms with Gasteiger partial charge in [-0.3, -0.25) is 9.59 Å². The molecule has 0 bridgehead atoms. The summed E-state index contributed by atoms with van der Waals surface area (Å²) in [5, 5.41) is 11.1. The van der Waals surface area contributed by atoms with Gasteiger partial charge in [0, 0.05) is 0 Å². The molecule has 3 unspecified atom stereocenters. The molecule has 2 N–H and O–H groups in total. The van der Waals surface area contributed by atoms with Crippen molar-refractivity contribution in [1.82, 2.24) is 5.32 Å². The van der Waals surface area contributed by atoms with Crippen LogP contribution in [-0.2, 0) is 9.59 Å². The number of hydrogen-bond donors (Lipinski definition) is 2. The average Bonchev–Trinajstić information content (AvgIpc) is 3.17. The van der Waals surface area contributed by atoms with E-state index in [0.29, 0.717) is 11.1 Å². The first kappa shape index (κ1) is 16.3. The standard InChI is InChI=1S/C15H16F3NO3/c1-8-4-2-3-5-9(8)12(7-15(16,17)18)19-13(20)10-6-11(10)14(21)22/h2-5,10-12H,6-7H2,1H3,(H,19,20)(H,21,22). The number of rotatable bonds is 5. The Morgan fingerprint density at radius 1 is 1.32 bits per heavy atom. The molecule has 1 fully saturated rings. The number of nitrogens with one attached hydrogen (secondary N) is 1. The van der Waals surface area contributed by atoms with Crippen LogP contribution in [0.1, 0.15) is 30.0 Å². The van der Waals surface area contributed by atoms with Gasteiger partial charge < -0.3 is 10.4 Å². The number of aliphatic carboxylic acids is 1. The number of hydrogen-bond acceptors (Lipinski definition) is 2. The summed E-state index contributed by atoms with van der Waals surface area (Å²) < 4.78 is 38.2. The third-order valence-corrected chi connectivity index (χ3v) is 3.76. The molecule has 0 spiro atoms. The number of carboxylic acids is 1. The second-order valence-corrected chi connectivity index (χ2v) is 5.52. The summed E-state index contributed by atoms with van der Waals surface area (Å²) in [6.45, 7) is 1.67. The van der Waals surface area contributed by atoms with Gasteiger partial charge >= 0.3 is 12.1 Å². The smallest absolute Gasteiger partial charge is 0.391 e. The highest BCUT2D eigenvalue weighted by Gasteiger charge is 2.49. The van der Waals surface area contributed by atoms with Gasteiger partial charge in [-0.25, -0.2) is 0 Å². The molecule has 3 atom stereocenters. The summed E-state index contributed by atoms with van der Waals surface area (Å²) in [7, 11) is 0. The molecule has 120 valence electrons. The van der Waals surface area contributed by atoms with Crippen molar-refractivity contribution >= 4 is 11.9 Å². The molecular weight excluding hydrogens is 299 g/mol. The predicted octanol–water partition coefficient (Wildman–Crippen LogP) is 2.83. The second kappa shape index (κ2) is 5.98. The average molecular weight is 315 g/mol. The third kappa shape index (κ3) is 3.99. The molecule has 7 heteroatoms. The van der Waals surface area contributed by atoms with E-state index in [-0.39, 0.29) is 6.42 Å². The highest BCUT2D eigenvalue weighted by molar-refractivity contribution is 5.89. The van der Waals surface area contributed by atoms with Crippen LogP contribution >= 0.6 is 0 Å². The maximum atomic E-state index is 12.7. The topological polar surface area (TPSA) is 66.4 Å². The molecule has 1 aliphatic rings. The molecule has 0 saturated heterocycles. The van der Waals surface area contributed by atoms with Gasteiger partial charge in [0.2, 0.25) is 5.91 Å². The molecule has 0 aromatic heterocycles. The Labute approximate surface area is 125 Å². The van der Waals surface area contributed by atoms with Gasteiger partial charge in [-0.1, -0.05) is 24.3 Å². The number of carbonyl (C=O) groups excluding carboxylic acids is 1. The molecule has 4 nitrogen and oxygen atoms in total. The van der Waals surface area contributed by atoms with E-state index in [1.807, 2.05) is 0 Å². The van der Waals surface area contributed by atoms with Crippen LogP contribution in [0.5, 0.6) is 0 Å². The van der Waals surface area contributed by atoms with Gasteiger partial charge in [-0.05, 0) is 24.5 Å². The molecule has 2 rings (SSSR count). The van der Waals surface area contributed by atoms with Crippen molar-refractivity contribution in [1.29, 1.82) is 0 Å². The van der Waals surface area contributed by atoms with E-state index in [0.717, 1.165) is 0 Å². The molecule has 0 aliphatic heterocycles. The van der Waals surface area contributed by atoms with Crippen molar-refractivity contribution < 1.29 is 27.9 Å². The maximum absolute atomic E-state index is 12.7. The Balaban J connectivity index is 2.14. The molecular formula is C15H16F3NO3. The van der Waals surface area contributed by atoms with Crippen LogP contribution in [0.3, 0.4) is 0 Å². The van der Waals surface area contributed by atoms with Crippen LogP contribution in [0.15, 0.2) is 24.3 Å². The van der Waals surface area contributed by atoms with Gasteiger partial charge in [-0.2, -0.15) is 13.2 Å². The molecule has 1 aliphatic carbocycles. The van der Waals surface area contributed by atoms with Crippen LogP contribution in [0.4, 0.5) is 13.2 Å². The van der Waals surface area contributed by atoms with Crippen LogP contribution in [0, 0.1) is 18.8 Å². The number of amides is 1. The first-order chi connectivity index (χ1) is 10.2. The van der Waals surface area contributed by atoms with Crippen molar-refractivity contribution in [2.24, 2.45) is 11.8 Å².